The van der Waals surface area contributed by atoms with Crippen LogP contribution in [0.3, 0.4) is 0 Å². The van der Waals surface area contributed by atoms with E-state index in [4.69, 9.17) is 23.2 Å². The van der Waals surface area contributed by atoms with E-state index in [9.17, 15) is 8.42 Å². The highest BCUT2D eigenvalue weighted by atomic mass is 35.5. The van der Waals surface area contributed by atoms with Gasteiger partial charge in [-0.3, -0.25) is 0 Å². The van der Waals surface area contributed by atoms with E-state index in [2.05, 4.69) is 4.98 Å². The lowest BCUT2D eigenvalue weighted by molar-refractivity contribution is 0.598. The lowest BCUT2D eigenvalue weighted by atomic mass is 10.1. The molecule has 4 aromatic rings. The van der Waals surface area contributed by atoms with Gasteiger partial charge in [0.05, 0.1) is 4.90 Å². The van der Waals surface area contributed by atoms with Crippen molar-refractivity contribution in [3.05, 3.63) is 76.4 Å². The number of aryl methyl sites for hydroxylation is 1. The molecule has 4 rings (SSSR count). The fraction of sp³-hybridized carbons (Fsp3) is 0.0952. The zero-order chi connectivity index (χ0) is 19.9. The van der Waals surface area contributed by atoms with Gasteiger partial charge in [0.15, 0.2) is 0 Å². The molecular weight excluding hydrogens is 433 g/mol. The van der Waals surface area contributed by atoms with Crippen molar-refractivity contribution in [2.24, 2.45) is 0 Å². The molecule has 0 spiro atoms. The van der Waals surface area contributed by atoms with E-state index >= 15 is 0 Å². The minimum Gasteiger partial charge on any atom is -0.242 e. The van der Waals surface area contributed by atoms with E-state index in [0.717, 1.165) is 23.1 Å². The minimum atomic E-state index is -3.74. The molecule has 0 radical (unpaired) electrons. The molecule has 0 fully saturated rings. The van der Waals surface area contributed by atoms with Crippen LogP contribution in [0.15, 0.2) is 69.8 Å². The summed E-state index contributed by atoms with van der Waals surface area (Å²) >= 11 is 13.2. The lowest BCUT2D eigenvalue weighted by Crippen LogP contribution is -2.01. The Kier molecular flexibility index (Phi) is 5.19. The van der Waals surface area contributed by atoms with E-state index in [1.54, 1.807) is 24.3 Å². The number of benzene rings is 2. The van der Waals surface area contributed by atoms with Crippen molar-refractivity contribution in [3.63, 3.8) is 0 Å². The normalized spacial score (nSPS) is 11.8. The molecule has 0 N–H and O–H groups in total. The van der Waals surface area contributed by atoms with Crippen molar-refractivity contribution in [1.29, 1.82) is 0 Å². The van der Waals surface area contributed by atoms with E-state index in [0.29, 0.717) is 20.4 Å². The molecule has 0 bridgehead atoms. The lowest BCUT2D eigenvalue weighted by Gasteiger charge is -2.07. The Hall–Kier alpha value is -1.92. The van der Waals surface area contributed by atoms with Crippen molar-refractivity contribution in [1.82, 2.24) is 4.98 Å². The molecule has 0 aliphatic rings. The monoisotopic (exact) mass is 447 g/mol. The van der Waals surface area contributed by atoms with Gasteiger partial charge in [-0.05, 0) is 60.5 Å². The first kappa shape index (κ1) is 19.4. The molecule has 2 aromatic carbocycles. The molecule has 142 valence electrons. The van der Waals surface area contributed by atoms with Crippen molar-refractivity contribution < 1.29 is 8.42 Å². The van der Waals surface area contributed by atoms with Crippen LogP contribution in [0.5, 0.6) is 0 Å². The summed E-state index contributed by atoms with van der Waals surface area (Å²) in [7, 11) is -3.74. The van der Waals surface area contributed by atoms with Crippen LogP contribution in [0.25, 0.3) is 21.3 Å². The van der Waals surface area contributed by atoms with Crippen LogP contribution in [0.1, 0.15) is 12.6 Å². The number of rotatable bonds is 4. The average Bonchev–Trinajstić information content (AvgIpc) is 3.08. The molecule has 0 aliphatic heterocycles. The largest absolute Gasteiger partial charge is 0.242 e. The van der Waals surface area contributed by atoms with Gasteiger partial charge in [-0.15, -0.1) is 11.3 Å². The second-order valence-electron chi connectivity index (χ2n) is 6.24. The van der Waals surface area contributed by atoms with Gasteiger partial charge in [-0.2, -0.15) is 0 Å². The Morgan fingerprint density at radius 1 is 0.893 bits per heavy atom. The molecule has 0 amide bonds. The van der Waals surface area contributed by atoms with Crippen LogP contribution >= 0.6 is 34.5 Å². The van der Waals surface area contributed by atoms with Gasteiger partial charge in [-0.25, -0.2) is 13.4 Å². The number of hydrogen-bond acceptors (Lipinski definition) is 4. The molecule has 0 atom stereocenters. The second-order valence-corrected chi connectivity index (χ2v) is 10.3. The molecule has 7 heteroatoms. The summed E-state index contributed by atoms with van der Waals surface area (Å²) in [5.41, 5.74) is 2.36. The zero-order valence-electron chi connectivity index (χ0n) is 14.8. The Balaban J connectivity index is 2.02. The van der Waals surface area contributed by atoms with Crippen LogP contribution in [0.2, 0.25) is 10.0 Å². The van der Waals surface area contributed by atoms with E-state index in [-0.39, 0.29) is 9.10 Å². The van der Waals surface area contributed by atoms with Crippen LogP contribution < -0.4 is 0 Å². The van der Waals surface area contributed by atoms with E-state index in [1.807, 2.05) is 31.2 Å². The number of pyridine rings is 1. The summed E-state index contributed by atoms with van der Waals surface area (Å²) in [5, 5.41) is 1.90. The van der Waals surface area contributed by atoms with Crippen molar-refractivity contribution in [3.8, 4) is 11.1 Å². The van der Waals surface area contributed by atoms with Crippen molar-refractivity contribution in [2.75, 3.05) is 0 Å². The van der Waals surface area contributed by atoms with Crippen LogP contribution in [0.4, 0.5) is 0 Å². The first-order chi connectivity index (χ1) is 13.4. The number of hydrogen-bond donors (Lipinski definition) is 0. The summed E-state index contributed by atoms with van der Waals surface area (Å²) in [5.74, 6) is 0. The Bertz CT molecular complexity index is 1260. The Morgan fingerprint density at radius 2 is 1.50 bits per heavy atom. The van der Waals surface area contributed by atoms with Crippen LogP contribution in [-0.4, -0.2) is 13.4 Å². The van der Waals surface area contributed by atoms with Crippen LogP contribution in [-0.2, 0) is 16.3 Å². The maximum Gasteiger partial charge on any atom is 0.216 e. The number of thiophene rings is 1. The molecule has 0 saturated carbocycles. The third kappa shape index (κ3) is 3.44. The van der Waals surface area contributed by atoms with Gasteiger partial charge >= 0.3 is 0 Å². The van der Waals surface area contributed by atoms with E-state index < -0.39 is 9.84 Å². The van der Waals surface area contributed by atoms with Gasteiger partial charge in [0.1, 0.15) is 9.04 Å². The predicted octanol–water partition coefficient (Wildman–Crippen LogP) is 6.67. The standard InChI is InChI=1S/C21H15Cl2NO2S2/c1-2-16-9-12-18-19(13-3-5-14(22)6-4-13)21(27-20(18)24-16)28(25,26)17-10-7-15(23)8-11-17/h3-12H,2H2,1H3. The number of aromatic nitrogens is 1. The van der Waals surface area contributed by atoms with E-state index in [1.165, 1.54) is 23.5 Å². The third-order valence-electron chi connectivity index (χ3n) is 4.44. The summed E-state index contributed by atoms with van der Waals surface area (Å²) in [4.78, 5) is 5.55. The number of sulfone groups is 1. The topological polar surface area (TPSA) is 47.0 Å². The molecule has 0 aliphatic carbocycles. The van der Waals surface area contributed by atoms with Gasteiger partial charge in [0.25, 0.3) is 0 Å². The molecule has 28 heavy (non-hydrogen) atoms. The van der Waals surface area contributed by atoms with Gasteiger partial charge < -0.3 is 0 Å². The number of fused-ring (bicyclic) bond motifs is 1. The zero-order valence-corrected chi connectivity index (χ0v) is 18.0. The molecule has 0 saturated heterocycles. The highest BCUT2D eigenvalue weighted by Crippen LogP contribution is 2.43. The quantitative estimate of drug-likeness (QED) is 0.351. The second kappa shape index (κ2) is 7.48. The maximum absolute atomic E-state index is 13.4. The average molecular weight is 448 g/mol. The fourth-order valence-corrected chi connectivity index (χ4v) is 6.36. The van der Waals surface area contributed by atoms with Crippen LogP contribution in [0, 0.1) is 0 Å². The molecule has 0 unspecified atom stereocenters. The van der Waals surface area contributed by atoms with Crippen molar-refractivity contribution >= 4 is 54.6 Å². The minimum absolute atomic E-state index is 0.203. The Labute approximate surface area is 177 Å². The summed E-state index contributed by atoms with van der Waals surface area (Å²) in [6.07, 6.45) is 0.781. The maximum atomic E-state index is 13.4. The smallest absolute Gasteiger partial charge is 0.216 e. The summed E-state index contributed by atoms with van der Waals surface area (Å²) in [6, 6.07) is 17.3. The fourth-order valence-electron chi connectivity index (χ4n) is 2.99. The summed E-state index contributed by atoms with van der Waals surface area (Å²) < 4.78 is 27.2. The van der Waals surface area contributed by atoms with Gasteiger partial charge in [0.2, 0.25) is 9.84 Å². The first-order valence-electron chi connectivity index (χ1n) is 8.59. The predicted molar refractivity (Wildman–Crippen MR) is 116 cm³/mol. The highest BCUT2D eigenvalue weighted by molar-refractivity contribution is 7.93. The van der Waals surface area contributed by atoms with Gasteiger partial charge in [-0.1, -0.05) is 42.3 Å². The Morgan fingerprint density at radius 3 is 2.11 bits per heavy atom. The molecule has 2 aromatic heterocycles. The SMILES string of the molecule is CCc1ccc2c(-c3ccc(Cl)cc3)c(S(=O)(=O)c3ccc(Cl)cc3)sc2n1. The number of nitrogens with zero attached hydrogens (tertiary/aromatic N) is 1. The highest BCUT2D eigenvalue weighted by Gasteiger charge is 2.27. The molecule has 2 heterocycles. The first-order valence-corrected chi connectivity index (χ1v) is 11.6. The summed E-state index contributed by atoms with van der Waals surface area (Å²) in [6.45, 7) is 2.02. The van der Waals surface area contributed by atoms with Crippen molar-refractivity contribution in [2.45, 2.75) is 22.4 Å². The molecule has 3 nitrogen and oxygen atoms in total. The number of halogens is 2. The molecular formula is C21H15Cl2NO2S2. The third-order valence-corrected chi connectivity index (χ3v) is 8.34. The van der Waals surface area contributed by atoms with Gasteiger partial charge in [0, 0.05) is 26.7 Å².